The van der Waals surface area contributed by atoms with Gasteiger partial charge in [0.15, 0.2) is 0 Å². The maximum absolute atomic E-state index is 12.6. The quantitative estimate of drug-likeness (QED) is 0.668. The molecule has 4 nitrogen and oxygen atoms in total. The van der Waals surface area contributed by atoms with Gasteiger partial charge in [0.25, 0.3) is 5.91 Å². The molecule has 3 heterocycles. The zero-order valence-electron chi connectivity index (χ0n) is 11.8. The first kappa shape index (κ1) is 12.0. The Morgan fingerprint density at radius 1 is 1.09 bits per heavy atom. The second kappa shape index (κ2) is 3.78. The van der Waals surface area contributed by atoms with Gasteiger partial charge in [-0.3, -0.25) is 4.79 Å². The molecule has 108 valence electrons. The van der Waals surface area contributed by atoms with E-state index in [0.29, 0.717) is 17.7 Å². The van der Waals surface area contributed by atoms with Gasteiger partial charge in [0, 0.05) is 28.6 Å². The molecule has 1 amide bonds. The molecular formula is C18H14N2O2. The van der Waals surface area contributed by atoms with E-state index in [9.17, 15) is 9.90 Å². The van der Waals surface area contributed by atoms with Gasteiger partial charge in [0.05, 0.1) is 5.69 Å². The van der Waals surface area contributed by atoms with Crippen molar-refractivity contribution in [1.82, 2.24) is 9.88 Å². The molecular weight excluding hydrogens is 276 g/mol. The lowest BCUT2D eigenvalue weighted by atomic mass is 9.91. The maximum atomic E-state index is 12.6. The van der Waals surface area contributed by atoms with Crippen molar-refractivity contribution in [2.24, 2.45) is 0 Å². The van der Waals surface area contributed by atoms with Crippen molar-refractivity contribution in [3.63, 3.8) is 0 Å². The van der Waals surface area contributed by atoms with Crippen LogP contribution < -0.4 is 0 Å². The Labute approximate surface area is 127 Å². The van der Waals surface area contributed by atoms with Crippen LogP contribution in [-0.4, -0.2) is 27.4 Å². The predicted molar refractivity (Wildman–Crippen MR) is 82.5 cm³/mol. The van der Waals surface area contributed by atoms with Crippen LogP contribution >= 0.6 is 0 Å². The Balaban J connectivity index is 1.88. The van der Waals surface area contributed by atoms with Crippen molar-refractivity contribution < 1.29 is 9.90 Å². The molecule has 0 bridgehead atoms. The zero-order valence-corrected chi connectivity index (χ0v) is 11.8. The van der Waals surface area contributed by atoms with E-state index in [1.807, 2.05) is 36.4 Å². The number of nitrogens with one attached hydrogen (secondary N) is 1. The highest BCUT2D eigenvalue weighted by molar-refractivity contribution is 6.01. The number of amides is 1. The van der Waals surface area contributed by atoms with Crippen LogP contribution in [0.1, 0.15) is 27.2 Å². The Kier molecular flexibility index (Phi) is 2.06. The van der Waals surface area contributed by atoms with Crippen LogP contribution in [0.5, 0.6) is 0 Å². The number of hydrogen-bond acceptors (Lipinski definition) is 2. The summed E-state index contributed by atoms with van der Waals surface area (Å²) in [7, 11) is 0. The van der Waals surface area contributed by atoms with Gasteiger partial charge in [0.1, 0.15) is 0 Å². The number of aliphatic hydroxyl groups is 1. The summed E-state index contributed by atoms with van der Waals surface area (Å²) in [5.74, 6) is -0.0950. The number of carbonyl (C=O) groups excluding carboxylic acids is 1. The average Bonchev–Trinajstić information content (AvgIpc) is 3.04. The van der Waals surface area contributed by atoms with E-state index in [1.165, 1.54) is 0 Å². The minimum absolute atomic E-state index is 0.0950. The lowest BCUT2D eigenvalue weighted by molar-refractivity contribution is -0.0588. The second-order valence-corrected chi connectivity index (χ2v) is 5.95. The van der Waals surface area contributed by atoms with Gasteiger partial charge >= 0.3 is 0 Å². The summed E-state index contributed by atoms with van der Waals surface area (Å²) in [6.45, 7) is 0.527. The molecule has 4 heteroatoms. The van der Waals surface area contributed by atoms with Gasteiger partial charge < -0.3 is 15.0 Å². The maximum Gasteiger partial charge on any atom is 0.257 e. The number of rotatable bonds is 0. The normalized spacial score (nSPS) is 22.6. The van der Waals surface area contributed by atoms with Gasteiger partial charge in [-0.15, -0.1) is 0 Å². The zero-order chi connectivity index (χ0) is 14.9. The van der Waals surface area contributed by atoms with Gasteiger partial charge in [-0.05, 0) is 24.1 Å². The third-order valence-corrected chi connectivity index (χ3v) is 4.92. The number of aromatic amines is 1. The fraction of sp³-hybridized carbons (Fsp3) is 0.167. The van der Waals surface area contributed by atoms with Crippen molar-refractivity contribution in [3.05, 3.63) is 70.9 Å². The highest BCUT2D eigenvalue weighted by Crippen LogP contribution is 2.47. The van der Waals surface area contributed by atoms with Crippen molar-refractivity contribution in [2.75, 3.05) is 6.54 Å². The number of aromatic nitrogens is 1. The second-order valence-electron chi connectivity index (χ2n) is 5.95. The van der Waals surface area contributed by atoms with Crippen LogP contribution in [0.25, 0.3) is 10.9 Å². The van der Waals surface area contributed by atoms with Crippen LogP contribution in [0.2, 0.25) is 0 Å². The summed E-state index contributed by atoms with van der Waals surface area (Å²) in [5.41, 5.74) is 2.74. The Morgan fingerprint density at radius 2 is 1.86 bits per heavy atom. The van der Waals surface area contributed by atoms with Crippen LogP contribution in [0.15, 0.2) is 48.5 Å². The van der Waals surface area contributed by atoms with E-state index in [1.54, 1.807) is 11.0 Å². The number of benzene rings is 2. The largest absolute Gasteiger partial charge is 0.362 e. The van der Waals surface area contributed by atoms with Crippen LogP contribution in [0, 0.1) is 0 Å². The van der Waals surface area contributed by atoms with Crippen molar-refractivity contribution in [2.45, 2.75) is 12.1 Å². The van der Waals surface area contributed by atoms with Crippen molar-refractivity contribution in [1.29, 1.82) is 0 Å². The minimum atomic E-state index is -1.37. The average molecular weight is 290 g/mol. The molecule has 0 fully saturated rings. The Bertz CT molecular complexity index is 943. The molecule has 0 aliphatic carbocycles. The molecule has 1 aromatic heterocycles. The Hall–Kier alpha value is -2.59. The summed E-state index contributed by atoms with van der Waals surface area (Å²) < 4.78 is 0. The van der Waals surface area contributed by atoms with Crippen LogP contribution in [0.4, 0.5) is 0 Å². The number of hydrogen-bond donors (Lipinski definition) is 2. The molecule has 22 heavy (non-hydrogen) atoms. The lowest BCUT2D eigenvalue weighted by Gasteiger charge is -2.38. The van der Waals surface area contributed by atoms with E-state index in [-0.39, 0.29) is 5.91 Å². The predicted octanol–water partition coefficient (Wildman–Crippen LogP) is 2.37. The number of carbonyl (C=O) groups is 1. The lowest BCUT2D eigenvalue weighted by Crippen LogP contribution is -2.49. The number of nitrogens with zero attached hydrogens (tertiary/aromatic N) is 1. The van der Waals surface area contributed by atoms with Gasteiger partial charge in [0.2, 0.25) is 5.72 Å². The molecule has 2 aliphatic rings. The van der Waals surface area contributed by atoms with Crippen LogP contribution in [-0.2, 0) is 12.1 Å². The summed E-state index contributed by atoms with van der Waals surface area (Å²) in [5, 5.41) is 12.6. The topological polar surface area (TPSA) is 56.3 Å². The summed E-state index contributed by atoms with van der Waals surface area (Å²) >= 11 is 0. The smallest absolute Gasteiger partial charge is 0.257 e. The first-order valence-electron chi connectivity index (χ1n) is 7.45. The molecule has 0 radical (unpaired) electrons. The molecule has 0 unspecified atom stereocenters. The summed E-state index contributed by atoms with van der Waals surface area (Å²) in [6, 6.07) is 15.4. The molecule has 3 aromatic rings. The Morgan fingerprint density at radius 3 is 2.77 bits per heavy atom. The van der Waals surface area contributed by atoms with E-state index >= 15 is 0 Å². The minimum Gasteiger partial charge on any atom is -0.362 e. The van der Waals surface area contributed by atoms with Gasteiger partial charge in [-0.25, -0.2) is 0 Å². The molecule has 5 rings (SSSR count). The third-order valence-electron chi connectivity index (χ3n) is 4.92. The van der Waals surface area contributed by atoms with Crippen molar-refractivity contribution >= 4 is 16.8 Å². The molecule has 1 atom stereocenters. The first-order valence-corrected chi connectivity index (χ1v) is 7.45. The molecule has 0 saturated carbocycles. The standard InChI is InChI=1S/C18H14N2O2/c21-17-13-6-1-3-7-14(13)18(22)16-12(9-10-20(17)18)11-5-2-4-8-15(11)19-16/h1-8,19,22H,9-10H2/t18-/m0/s1. The molecule has 2 aromatic carbocycles. The van der Waals surface area contributed by atoms with E-state index in [4.69, 9.17) is 0 Å². The number of fused-ring (bicyclic) bond motifs is 7. The fourth-order valence-corrected chi connectivity index (χ4v) is 3.93. The highest BCUT2D eigenvalue weighted by atomic mass is 16.3. The number of H-pyrrole nitrogens is 1. The van der Waals surface area contributed by atoms with E-state index in [0.717, 1.165) is 28.6 Å². The van der Waals surface area contributed by atoms with Crippen molar-refractivity contribution in [3.8, 4) is 0 Å². The van der Waals surface area contributed by atoms with Gasteiger partial charge in [-0.2, -0.15) is 0 Å². The van der Waals surface area contributed by atoms with E-state index < -0.39 is 5.72 Å². The monoisotopic (exact) mass is 290 g/mol. The van der Waals surface area contributed by atoms with Gasteiger partial charge in [-0.1, -0.05) is 36.4 Å². The van der Waals surface area contributed by atoms with Crippen LogP contribution in [0.3, 0.4) is 0 Å². The number of para-hydroxylation sites is 1. The third kappa shape index (κ3) is 1.20. The highest BCUT2D eigenvalue weighted by Gasteiger charge is 2.53. The summed E-state index contributed by atoms with van der Waals surface area (Å²) in [6.07, 6.45) is 0.751. The molecule has 2 aliphatic heterocycles. The first-order chi connectivity index (χ1) is 10.7. The molecule has 0 spiro atoms. The summed E-state index contributed by atoms with van der Waals surface area (Å²) in [4.78, 5) is 17.5. The SMILES string of the molecule is O=C1c2ccccc2[C@]2(O)c3[nH]c4ccccc4c3CCN12. The fourth-order valence-electron chi connectivity index (χ4n) is 3.93. The molecule has 0 saturated heterocycles. The van der Waals surface area contributed by atoms with E-state index in [2.05, 4.69) is 11.1 Å². The molecule has 2 N–H and O–H groups in total.